The average Bonchev–Trinajstić information content (AvgIpc) is 2.17. The van der Waals surface area contributed by atoms with Crippen molar-refractivity contribution in [1.29, 1.82) is 0 Å². The quantitative estimate of drug-likeness (QED) is 0.786. The zero-order chi connectivity index (χ0) is 11.4. The first kappa shape index (κ1) is 11.0. The van der Waals surface area contributed by atoms with Crippen LogP contribution in [0.25, 0.3) is 0 Å². The number of benzene rings is 1. The Hall–Kier alpha value is -2.04. The smallest absolute Gasteiger partial charge is 0.336 e. The zero-order valence-electron chi connectivity index (χ0n) is 8.06. The maximum Gasteiger partial charge on any atom is 0.336 e. The molecule has 2 N–H and O–H groups in total. The molecule has 0 saturated heterocycles. The van der Waals surface area contributed by atoms with Crippen LogP contribution in [-0.4, -0.2) is 28.8 Å². The second-order valence-electron chi connectivity index (χ2n) is 2.75. The number of rotatable bonds is 4. The molecule has 0 aliphatic rings. The van der Waals surface area contributed by atoms with Crippen molar-refractivity contribution in [2.45, 2.75) is 6.92 Å². The van der Waals surface area contributed by atoms with E-state index in [1.54, 1.807) is 6.92 Å². The van der Waals surface area contributed by atoms with Crippen LogP contribution in [0.15, 0.2) is 18.2 Å². The third-order valence-corrected chi connectivity index (χ3v) is 1.76. The van der Waals surface area contributed by atoms with E-state index in [4.69, 9.17) is 14.9 Å². The van der Waals surface area contributed by atoms with Gasteiger partial charge in [-0.3, -0.25) is 0 Å². The SMILES string of the molecule is CCOc1ccc(C(=O)O)c(C(=O)O)c1. The second-order valence-corrected chi connectivity index (χ2v) is 2.75. The van der Waals surface area contributed by atoms with Gasteiger partial charge in [-0.25, -0.2) is 9.59 Å². The van der Waals surface area contributed by atoms with Crippen LogP contribution in [0, 0.1) is 0 Å². The van der Waals surface area contributed by atoms with Crippen molar-refractivity contribution in [3.63, 3.8) is 0 Å². The Balaban J connectivity index is 3.21. The summed E-state index contributed by atoms with van der Waals surface area (Å²) in [7, 11) is 0. The van der Waals surface area contributed by atoms with Crippen LogP contribution < -0.4 is 4.74 Å². The van der Waals surface area contributed by atoms with Crippen molar-refractivity contribution in [3.8, 4) is 5.75 Å². The van der Waals surface area contributed by atoms with Gasteiger partial charge < -0.3 is 14.9 Å². The number of ether oxygens (including phenoxy) is 1. The molecule has 0 fully saturated rings. The fourth-order valence-corrected chi connectivity index (χ4v) is 1.14. The van der Waals surface area contributed by atoms with Crippen LogP contribution in [0.2, 0.25) is 0 Å². The van der Waals surface area contributed by atoms with Gasteiger partial charge in [0.25, 0.3) is 0 Å². The van der Waals surface area contributed by atoms with E-state index < -0.39 is 11.9 Å². The third-order valence-electron chi connectivity index (χ3n) is 1.76. The summed E-state index contributed by atoms with van der Waals surface area (Å²) in [5, 5.41) is 17.5. The van der Waals surface area contributed by atoms with Gasteiger partial charge in [0, 0.05) is 0 Å². The van der Waals surface area contributed by atoms with Gasteiger partial charge in [-0.1, -0.05) is 0 Å². The minimum Gasteiger partial charge on any atom is -0.494 e. The first-order chi connectivity index (χ1) is 7.06. The predicted octanol–water partition coefficient (Wildman–Crippen LogP) is 1.48. The number of carbonyl (C=O) groups is 2. The molecule has 0 radical (unpaired) electrons. The van der Waals surface area contributed by atoms with Crippen molar-refractivity contribution in [2.75, 3.05) is 6.61 Å². The average molecular weight is 210 g/mol. The van der Waals surface area contributed by atoms with E-state index in [2.05, 4.69) is 0 Å². The van der Waals surface area contributed by atoms with Gasteiger partial charge in [-0.05, 0) is 25.1 Å². The summed E-state index contributed by atoms with van der Waals surface area (Å²) in [5.74, 6) is -2.20. The molecule has 5 heteroatoms. The standard InChI is InChI=1S/C10H10O5/c1-2-15-6-3-4-7(9(11)12)8(5-6)10(13)14/h3-5H,2H2,1H3,(H,11,12)(H,13,14). The number of carboxylic acid groups (broad SMARTS) is 2. The number of hydrogen-bond acceptors (Lipinski definition) is 3. The van der Waals surface area contributed by atoms with Crippen molar-refractivity contribution >= 4 is 11.9 Å². The Morgan fingerprint density at radius 3 is 2.27 bits per heavy atom. The van der Waals surface area contributed by atoms with Crippen LogP contribution in [0.5, 0.6) is 5.75 Å². The largest absolute Gasteiger partial charge is 0.494 e. The number of hydrogen-bond donors (Lipinski definition) is 2. The van der Waals surface area contributed by atoms with Crippen molar-refractivity contribution in [1.82, 2.24) is 0 Å². The highest BCUT2D eigenvalue weighted by Gasteiger charge is 2.16. The summed E-state index contributed by atoms with van der Waals surface area (Å²) in [6, 6.07) is 3.85. The molecule has 15 heavy (non-hydrogen) atoms. The van der Waals surface area contributed by atoms with E-state index in [1.807, 2.05) is 0 Å². The maximum atomic E-state index is 10.8. The molecular formula is C10H10O5. The minimum atomic E-state index is -1.28. The lowest BCUT2D eigenvalue weighted by Crippen LogP contribution is -2.08. The summed E-state index contributed by atoms with van der Waals surface area (Å²) in [6.45, 7) is 2.15. The van der Waals surface area contributed by atoms with Gasteiger partial charge in [-0.15, -0.1) is 0 Å². The topological polar surface area (TPSA) is 83.8 Å². The second kappa shape index (κ2) is 4.45. The highest BCUT2D eigenvalue weighted by molar-refractivity contribution is 6.01. The normalized spacial score (nSPS) is 9.67. The maximum absolute atomic E-state index is 10.8. The van der Waals surface area contributed by atoms with E-state index in [9.17, 15) is 9.59 Å². The highest BCUT2D eigenvalue weighted by atomic mass is 16.5. The Morgan fingerprint density at radius 2 is 1.80 bits per heavy atom. The number of carboxylic acids is 2. The van der Waals surface area contributed by atoms with Gasteiger partial charge in [0.2, 0.25) is 0 Å². The molecule has 0 unspecified atom stereocenters. The molecule has 0 amide bonds. The summed E-state index contributed by atoms with van der Waals surface area (Å²) < 4.78 is 5.08. The molecule has 1 aromatic rings. The molecule has 0 spiro atoms. The summed E-state index contributed by atoms with van der Waals surface area (Å²) in [4.78, 5) is 21.5. The zero-order valence-corrected chi connectivity index (χ0v) is 8.06. The van der Waals surface area contributed by atoms with Crippen LogP contribution >= 0.6 is 0 Å². The van der Waals surface area contributed by atoms with Crippen LogP contribution in [0.3, 0.4) is 0 Å². The summed E-state index contributed by atoms with van der Waals surface area (Å²) in [6.07, 6.45) is 0. The lowest BCUT2D eigenvalue weighted by molar-refractivity contribution is 0.0651. The Bertz CT molecular complexity index is 397. The molecule has 0 aliphatic carbocycles. The van der Waals surface area contributed by atoms with Crippen molar-refractivity contribution in [2.24, 2.45) is 0 Å². The van der Waals surface area contributed by atoms with Gasteiger partial charge in [0.05, 0.1) is 17.7 Å². The predicted molar refractivity (Wildman–Crippen MR) is 51.5 cm³/mol. The first-order valence-corrected chi connectivity index (χ1v) is 4.29. The van der Waals surface area contributed by atoms with E-state index in [0.29, 0.717) is 12.4 Å². The highest BCUT2D eigenvalue weighted by Crippen LogP contribution is 2.18. The summed E-state index contributed by atoms with van der Waals surface area (Å²) in [5.41, 5.74) is -0.514. The Kier molecular flexibility index (Phi) is 3.28. The van der Waals surface area contributed by atoms with Crippen molar-refractivity contribution in [3.05, 3.63) is 29.3 Å². The molecule has 0 saturated carbocycles. The molecule has 80 valence electrons. The molecule has 5 nitrogen and oxygen atoms in total. The molecule has 1 rings (SSSR count). The van der Waals surface area contributed by atoms with Crippen molar-refractivity contribution < 1.29 is 24.5 Å². The molecule has 0 bridgehead atoms. The Morgan fingerprint density at radius 1 is 1.20 bits per heavy atom. The van der Waals surface area contributed by atoms with E-state index in [0.717, 1.165) is 0 Å². The summed E-state index contributed by atoms with van der Waals surface area (Å²) >= 11 is 0. The molecule has 0 atom stereocenters. The van der Waals surface area contributed by atoms with Gasteiger partial charge >= 0.3 is 11.9 Å². The van der Waals surface area contributed by atoms with E-state index in [-0.39, 0.29) is 11.1 Å². The molecule has 0 aromatic heterocycles. The fourth-order valence-electron chi connectivity index (χ4n) is 1.14. The third kappa shape index (κ3) is 2.46. The van der Waals surface area contributed by atoms with Gasteiger partial charge in [0.1, 0.15) is 5.75 Å². The molecular weight excluding hydrogens is 200 g/mol. The van der Waals surface area contributed by atoms with E-state index in [1.165, 1.54) is 18.2 Å². The van der Waals surface area contributed by atoms with E-state index >= 15 is 0 Å². The Labute approximate surface area is 85.9 Å². The number of aromatic carboxylic acids is 2. The van der Waals surface area contributed by atoms with Crippen LogP contribution in [0.4, 0.5) is 0 Å². The lowest BCUT2D eigenvalue weighted by Gasteiger charge is -2.06. The van der Waals surface area contributed by atoms with Crippen LogP contribution in [0.1, 0.15) is 27.6 Å². The van der Waals surface area contributed by atoms with Gasteiger partial charge in [0.15, 0.2) is 0 Å². The molecule has 0 aliphatic heterocycles. The van der Waals surface area contributed by atoms with Gasteiger partial charge in [-0.2, -0.15) is 0 Å². The monoisotopic (exact) mass is 210 g/mol. The molecule has 1 aromatic carbocycles. The fraction of sp³-hybridized carbons (Fsp3) is 0.200. The first-order valence-electron chi connectivity index (χ1n) is 4.29. The lowest BCUT2D eigenvalue weighted by atomic mass is 10.1. The molecule has 0 heterocycles. The van der Waals surface area contributed by atoms with Crippen LogP contribution in [-0.2, 0) is 0 Å². The minimum absolute atomic E-state index is 0.244.